The number of amides is 1. The van der Waals surface area contributed by atoms with E-state index in [1.54, 1.807) is 21.0 Å². The number of carbonyl (C=O) groups excluding carboxylic acids is 1. The molecule has 0 unspecified atom stereocenters. The van der Waals surface area contributed by atoms with Crippen molar-refractivity contribution >= 4 is 5.91 Å². The fraction of sp³-hybridized carbons (Fsp3) is 0.533. The molecule has 5 nitrogen and oxygen atoms in total. The number of carbonyl (C=O) groups is 1. The van der Waals surface area contributed by atoms with Crippen molar-refractivity contribution in [3.63, 3.8) is 0 Å². The zero-order valence-electron chi connectivity index (χ0n) is 12.2. The van der Waals surface area contributed by atoms with Crippen molar-refractivity contribution in [2.75, 3.05) is 20.3 Å². The predicted molar refractivity (Wildman–Crippen MR) is 77.0 cm³/mol. The molecule has 0 saturated carbocycles. The number of ether oxygens (including phenoxy) is 2. The number of nitrogens with two attached hydrogens (primary N) is 1. The van der Waals surface area contributed by atoms with Gasteiger partial charge in [0.15, 0.2) is 0 Å². The van der Waals surface area contributed by atoms with Gasteiger partial charge in [0.1, 0.15) is 11.5 Å². The minimum Gasteiger partial charge on any atom is -0.497 e. The summed E-state index contributed by atoms with van der Waals surface area (Å²) in [6.45, 7) is 4.55. The summed E-state index contributed by atoms with van der Waals surface area (Å²) in [5.41, 5.74) is 6.04. The topological polar surface area (TPSA) is 73.6 Å². The molecular weight excluding hydrogens is 256 g/mol. The SMILES string of the molecule is COc1ccc2c(c1)OC[C@H](CNC(=O)C(C)(C)N)C2. The molecule has 1 aliphatic heterocycles. The Morgan fingerprint density at radius 3 is 2.95 bits per heavy atom. The van der Waals surface area contributed by atoms with Crippen molar-refractivity contribution in [2.24, 2.45) is 11.7 Å². The van der Waals surface area contributed by atoms with Crippen molar-refractivity contribution in [1.29, 1.82) is 0 Å². The van der Waals surface area contributed by atoms with Crippen LogP contribution in [0.4, 0.5) is 0 Å². The molecule has 0 aliphatic carbocycles. The van der Waals surface area contributed by atoms with Crippen molar-refractivity contribution < 1.29 is 14.3 Å². The van der Waals surface area contributed by atoms with Gasteiger partial charge in [-0.25, -0.2) is 0 Å². The molecular formula is C15H22N2O3. The number of methoxy groups -OCH3 is 1. The van der Waals surface area contributed by atoms with Crippen LogP contribution >= 0.6 is 0 Å². The maximum Gasteiger partial charge on any atom is 0.239 e. The molecule has 0 spiro atoms. The van der Waals surface area contributed by atoms with Gasteiger partial charge >= 0.3 is 0 Å². The van der Waals surface area contributed by atoms with E-state index in [1.165, 1.54) is 0 Å². The monoisotopic (exact) mass is 278 g/mol. The quantitative estimate of drug-likeness (QED) is 0.865. The molecule has 0 fully saturated rings. The molecule has 1 aromatic carbocycles. The molecule has 1 aromatic rings. The molecule has 1 atom stereocenters. The molecule has 1 amide bonds. The molecule has 20 heavy (non-hydrogen) atoms. The second-order valence-corrected chi connectivity index (χ2v) is 5.79. The molecule has 1 heterocycles. The number of fused-ring (bicyclic) bond motifs is 1. The van der Waals surface area contributed by atoms with Crippen LogP contribution in [0, 0.1) is 5.92 Å². The van der Waals surface area contributed by atoms with E-state index in [9.17, 15) is 4.79 Å². The fourth-order valence-electron chi connectivity index (χ4n) is 2.14. The van der Waals surface area contributed by atoms with Crippen LogP contribution < -0.4 is 20.5 Å². The first-order chi connectivity index (χ1) is 9.40. The third kappa shape index (κ3) is 3.42. The molecule has 1 aliphatic rings. The second-order valence-electron chi connectivity index (χ2n) is 5.79. The van der Waals surface area contributed by atoms with Gasteiger partial charge in [-0.1, -0.05) is 6.07 Å². The minimum atomic E-state index is -0.846. The average Bonchev–Trinajstić information content (AvgIpc) is 2.42. The van der Waals surface area contributed by atoms with Gasteiger partial charge < -0.3 is 20.5 Å². The first kappa shape index (κ1) is 14.7. The Hall–Kier alpha value is -1.75. The Balaban J connectivity index is 1.93. The lowest BCUT2D eigenvalue weighted by Crippen LogP contribution is -2.50. The zero-order chi connectivity index (χ0) is 14.8. The molecule has 0 aromatic heterocycles. The highest BCUT2D eigenvalue weighted by Gasteiger charge is 2.25. The van der Waals surface area contributed by atoms with Crippen LogP contribution in [0.2, 0.25) is 0 Å². The molecule has 0 radical (unpaired) electrons. The summed E-state index contributed by atoms with van der Waals surface area (Å²) in [5, 5.41) is 2.88. The van der Waals surface area contributed by atoms with Gasteiger partial charge in [0.05, 0.1) is 19.3 Å². The Morgan fingerprint density at radius 2 is 2.30 bits per heavy atom. The third-order valence-corrected chi connectivity index (χ3v) is 3.39. The highest BCUT2D eigenvalue weighted by Crippen LogP contribution is 2.30. The van der Waals surface area contributed by atoms with Crippen LogP contribution in [0.25, 0.3) is 0 Å². The van der Waals surface area contributed by atoms with Gasteiger partial charge in [-0.05, 0) is 31.9 Å². The normalized spacial score (nSPS) is 17.9. The summed E-state index contributed by atoms with van der Waals surface area (Å²) >= 11 is 0. The lowest BCUT2D eigenvalue weighted by molar-refractivity contribution is -0.125. The number of hydrogen-bond acceptors (Lipinski definition) is 4. The van der Waals surface area contributed by atoms with Crippen molar-refractivity contribution in [3.8, 4) is 11.5 Å². The van der Waals surface area contributed by atoms with Crippen LogP contribution in [-0.4, -0.2) is 31.7 Å². The Labute approximate surface area is 119 Å². The predicted octanol–water partition coefficient (Wildman–Crippen LogP) is 1.10. The van der Waals surface area contributed by atoms with E-state index in [4.69, 9.17) is 15.2 Å². The summed E-state index contributed by atoms with van der Waals surface area (Å²) in [5.74, 6) is 1.78. The van der Waals surface area contributed by atoms with Gasteiger partial charge in [-0.3, -0.25) is 4.79 Å². The highest BCUT2D eigenvalue weighted by molar-refractivity contribution is 5.85. The Morgan fingerprint density at radius 1 is 1.55 bits per heavy atom. The van der Waals surface area contributed by atoms with Crippen LogP contribution in [0.3, 0.4) is 0 Å². The smallest absolute Gasteiger partial charge is 0.239 e. The number of benzene rings is 1. The average molecular weight is 278 g/mol. The van der Waals surface area contributed by atoms with Crippen molar-refractivity contribution in [2.45, 2.75) is 25.8 Å². The van der Waals surface area contributed by atoms with Crippen molar-refractivity contribution in [3.05, 3.63) is 23.8 Å². The van der Waals surface area contributed by atoms with E-state index in [0.29, 0.717) is 13.2 Å². The summed E-state index contributed by atoms with van der Waals surface area (Å²) < 4.78 is 10.9. The first-order valence-corrected chi connectivity index (χ1v) is 6.77. The molecule has 0 bridgehead atoms. The van der Waals surface area contributed by atoms with Crippen LogP contribution in [0.15, 0.2) is 18.2 Å². The zero-order valence-corrected chi connectivity index (χ0v) is 12.2. The molecule has 110 valence electrons. The standard InChI is InChI=1S/C15H22N2O3/c1-15(2,16)14(18)17-8-10-6-11-4-5-12(19-3)7-13(11)20-9-10/h4-5,7,10H,6,8-9,16H2,1-3H3,(H,17,18)/t10-/m0/s1. The Bertz CT molecular complexity index is 494. The van der Waals surface area contributed by atoms with E-state index in [2.05, 4.69) is 5.32 Å². The lowest BCUT2D eigenvalue weighted by Gasteiger charge is -2.27. The van der Waals surface area contributed by atoms with E-state index < -0.39 is 5.54 Å². The van der Waals surface area contributed by atoms with Gasteiger partial charge in [-0.15, -0.1) is 0 Å². The van der Waals surface area contributed by atoms with Gasteiger partial charge in [0.2, 0.25) is 5.91 Å². The second kappa shape index (κ2) is 5.71. The molecule has 3 N–H and O–H groups in total. The van der Waals surface area contributed by atoms with Crippen molar-refractivity contribution in [1.82, 2.24) is 5.32 Å². The molecule has 5 heteroatoms. The molecule has 0 saturated heterocycles. The first-order valence-electron chi connectivity index (χ1n) is 6.77. The number of rotatable bonds is 4. The largest absolute Gasteiger partial charge is 0.497 e. The lowest BCUT2D eigenvalue weighted by atomic mass is 9.96. The maximum atomic E-state index is 11.7. The van der Waals surface area contributed by atoms with E-state index >= 15 is 0 Å². The fourth-order valence-corrected chi connectivity index (χ4v) is 2.14. The van der Waals surface area contributed by atoms with Gasteiger partial charge in [0, 0.05) is 18.5 Å². The minimum absolute atomic E-state index is 0.141. The summed E-state index contributed by atoms with van der Waals surface area (Å²) in [4.78, 5) is 11.7. The summed E-state index contributed by atoms with van der Waals surface area (Å²) in [6.07, 6.45) is 0.880. The van der Waals surface area contributed by atoms with Gasteiger partial charge in [-0.2, -0.15) is 0 Å². The number of nitrogens with one attached hydrogen (secondary N) is 1. The van der Waals surface area contributed by atoms with E-state index in [0.717, 1.165) is 23.5 Å². The van der Waals surface area contributed by atoms with Crippen LogP contribution in [0.5, 0.6) is 11.5 Å². The molecule has 2 rings (SSSR count). The van der Waals surface area contributed by atoms with E-state index in [-0.39, 0.29) is 11.8 Å². The van der Waals surface area contributed by atoms with E-state index in [1.807, 2.05) is 18.2 Å². The van der Waals surface area contributed by atoms with Crippen LogP contribution in [-0.2, 0) is 11.2 Å². The summed E-state index contributed by atoms with van der Waals surface area (Å²) in [6, 6.07) is 5.83. The Kier molecular flexibility index (Phi) is 4.18. The van der Waals surface area contributed by atoms with Gasteiger partial charge in [0.25, 0.3) is 0 Å². The number of hydrogen-bond donors (Lipinski definition) is 2. The summed E-state index contributed by atoms with van der Waals surface area (Å²) in [7, 11) is 1.64. The third-order valence-electron chi connectivity index (χ3n) is 3.39. The highest BCUT2D eigenvalue weighted by atomic mass is 16.5. The maximum absolute atomic E-state index is 11.7. The van der Waals surface area contributed by atoms with Crippen LogP contribution in [0.1, 0.15) is 19.4 Å².